The van der Waals surface area contributed by atoms with Crippen molar-refractivity contribution in [1.82, 2.24) is 0 Å². The van der Waals surface area contributed by atoms with Gasteiger partial charge in [0.15, 0.2) is 0 Å². The van der Waals surface area contributed by atoms with Crippen LogP contribution < -0.4 is 0 Å². The van der Waals surface area contributed by atoms with Gasteiger partial charge in [0.1, 0.15) is 0 Å². The minimum Gasteiger partial charge on any atom is -0.103 e. The molecule has 0 rings (SSSR count). The van der Waals surface area contributed by atoms with E-state index >= 15 is 0 Å². The first-order chi connectivity index (χ1) is 14.8. The van der Waals surface area contributed by atoms with Crippen molar-refractivity contribution in [3.8, 4) is 11.8 Å². The van der Waals surface area contributed by atoms with E-state index in [0.29, 0.717) is 0 Å². The molecule has 0 saturated heterocycles. The van der Waals surface area contributed by atoms with Gasteiger partial charge in [0.05, 0.1) is 0 Å². The maximum atomic E-state index is 3.34. The van der Waals surface area contributed by atoms with Crippen molar-refractivity contribution < 1.29 is 0 Å². The van der Waals surface area contributed by atoms with Crippen molar-refractivity contribution in [2.45, 2.75) is 175 Å². The third-order valence-corrected chi connectivity index (χ3v) is 6.58. The Balaban J connectivity index is 3.18. The van der Waals surface area contributed by atoms with Crippen LogP contribution in [0.3, 0.4) is 0 Å². The Labute approximate surface area is 192 Å². The second kappa shape index (κ2) is 26.6. The van der Waals surface area contributed by atoms with E-state index in [1.807, 2.05) is 0 Å². The summed E-state index contributed by atoms with van der Waals surface area (Å²) in [5, 5.41) is 0. The van der Waals surface area contributed by atoms with Crippen LogP contribution in [0.1, 0.15) is 175 Å². The molecule has 0 aromatic rings. The lowest BCUT2D eigenvalue weighted by atomic mass is 9.96. The molecule has 0 bridgehead atoms. The smallest absolute Gasteiger partial charge is 0.00886 e. The predicted octanol–water partition coefficient (Wildman–Crippen LogP) is 11.0. The first kappa shape index (κ1) is 29.6. The van der Waals surface area contributed by atoms with E-state index in [1.54, 1.807) is 0 Å². The molecule has 0 aliphatic carbocycles. The molecule has 0 aliphatic rings. The summed E-state index contributed by atoms with van der Waals surface area (Å²) in [4.78, 5) is 0. The number of hydrogen-bond donors (Lipinski definition) is 0. The van der Waals surface area contributed by atoms with E-state index in [-0.39, 0.29) is 0 Å². The van der Waals surface area contributed by atoms with Crippen molar-refractivity contribution in [2.24, 2.45) is 5.92 Å². The highest BCUT2D eigenvalue weighted by molar-refractivity contribution is 4.98. The van der Waals surface area contributed by atoms with E-state index < -0.39 is 0 Å². The summed E-state index contributed by atoms with van der Waals surface area (Å²) in [6.45, 7) is 7.01. The van der Waals surface area contributed by atoms with Gasteiger partial charge in [-0.05, 0) is 18.8 Å². The number of hydrogen-bond acceptors (Lipinski definition) is 0. The number of unbranched alkanes of at least 4 members (excludes halogenated alkanes) is 19. The van der Waals surface area contributed by atoms with E-state index in [0.717, 1.165) is 18.8 Å². The highest BCUT2D eigenvalue weighted by atomic mass is 14.1. The molecule has 0 heteroatoms. The Bertz CT molecular complexity index is 358. The Kier molecular flexibility index (Phi) is 26.2. The van der Waals surface area contributed by atoms with Crippen LogP contribution in [0.4, 0.5) is 0 Å². The highest BCUT2D eigenvalue weighted by Gasteiger charge is 2.02. The van der Waals surface area contributed by atoms with Crippen LogP contribution in [-0.2, 0) is 0 Å². The molecule has 1 unspecified atom stereocenters. The van der Waals surface area contributed by atoms with Crippen molar-refractivity contribution in [3.63, 3.8) is 0 Å². The molecule has 0 fully saturated rings. The molecule has 0 radical (unpaired) electrons. The molecule has 30 heavy (non-hydrogen) atoms. The zero-order chi connectivity index (χ0) is 22.0. The van der Waals surface area contributed by atoms with Gasteiger partial charge in [0, 0.05) is 12.8 Å². The summed E-state index contributed by atoms with van der Waals surface area (Å²) < 4.78 is 0. The molecule has 0 N–H and O–H groups in total. The quantitative estimate of drug-likeness (QED) is 0.114. The standard InChI is InChI=1S/C30H58/c1-4-6-8-10-12-14-16-17-18-19-21-23-25-27-29-30(3)28-26-24-22-20-15-13-11-9-7-5-2/h30H,4-10,12,14-29H2,1-3H3. The third kappa shape index (κ3) is 25.6. The molecule has 0 amide bonds. The van der Waals surface area contributed by atoms with Gasteiger partial charge in [-0.15, -0.1) is 11.8 Å². The topological polar surface area (TPSA) is 0 Å². The maximum absolute atomic E-state index is 3.34. The van der Waals surface area contributed by atoms with E-state index in [2.05, 4.69) is 32.6 Å². The lowest BCUT2D eigenvalue weighted by Gasteiger charge is -2.11. The second-order valence-electron chi connectivity index (χ2n) is 9.90. The monoisotopic (exact) mass is 418 g/mol. The second-order valence-corrected chi connectivity index (χ2v) is 9.90. The molecule has 0 aliphatic heterocycles. The van der Waals surface area contributed by atoms with Crippen molar-refractivity contribution >= 4 is 0 Å². The van der Waals surface area contributed by atoms with Crippen LogP contribution in [0.2, 0.25) is 0 Å². The first-order valence-electron chi connectivity index (χ1n) is 14.3. The molecule has 0 spiro atoms. The Morgan fingerprint density at radius 3 is 1.17 bits per heavy atom. The predicted molar refractivity (Wildman–Crippen MR) is 139 cm³/mol. The molecule has 178 valence electrons. The Hall–Kier alpha value is -0.440. The summed E-state index contributed by atoms with van der Waals surface area (Å²) in [6, 6.07) is 0. The van der Waals surface area contributed by atoms with Gasteiger partial charge in [0.2, 0.25) is 0 Å². The van der Waals surface area contributed by atoms with Crippen LogP contribution in [0.25, 0.3) is 0 Å². The molecular weight excluding hydrogens is 360 g/mol. The van der Waals surface area contributed by atoms with Crippen LogP contribution in [0.5, 0.6) is 0 Å². The average Bonchev–Trinajstić information content (AvgIpc) is 2.75. The van der Waals surface area contributed by atoms with Gasteiger partial charge in [-0.25, -0.2) is 0 Å². The zero-order valence-corrected chi connectivity index (χ0v) is 21.5. The lowest BCUT2D eigenvalue weighted by molar-refractivity contribution is 0.432. The van der Waals surface area contributed by atoms with Gasteiger partial charge in [-0.3, -0.25) is 0 Å². The van der Waals surface area contributed by atoms with E-state index in [1.165, 1.54) is 141 Å². The SMILES string of the molecule is CCCCC#CCCCCCCC(C)CCCCCCCCCCCCCCCC. The van der Waals surface area contributed by atoms with Crippen molar-refractivity contribution in [1.29, 1.82) is 0 Å². The minimum absolute atomic E-state index is 0.941. The molecule has 0 nitrogen and oxygen atoms in total. The first-order valence-corrected chi connectivity index (χ1v) is 14.3. The van der Waals surface area contributed by atoms with Crippen LogP contribution in [0, 0.1) is 17.8 Å². The van der Waals surface area contributed by atoms with Crippen molar-refractivity contribution in [3.05, 3.63) is 0 Å². The fraction of sp³-hybridized carbons (Fsp3) is 0.933. The largest absolute Gasteiger partial charge is 0.103 e. The van der Waals surface area contributed by atoms with Gasteiger partial charge >= 0.3 is 0 Å². The summed E-state index contributed by atoms with van der Waals surface area (Å²) in [6.07, 6.45) is 33.7. The summed E-state index contributed by atoms with van der Waals surface area (Å²) in [5.41, 5.74) is 0. The molecule has 0 saturated carbocycles. The molecular formula is C30H58. The van der Waals surface area contributed by atoms with Gasteiger partial charge in [0.25, 0.3) is 0 Å². The Morgan fingerprint density at radius 1 is 0.400 bits per heavy atom. The van der Waals surface area contributed by atoms with Crippen molar-refractivity contribution in [2.75, 3.05) is 0 Å². The maximum Gasteiger partial charge on any atom is 0.00886 e. The fourth-order valence-corrected chi connectivity index (χ4v) is 4.33. The third-order valence-electron chi connectivity index (χ3n) is 6.58. The lowest BCUT2D eigenvalue weighted by Crippen LogP contribution is -1.95. The highest BCUT2D eigenvalue weighted by Crippen LogP contribution is 2.19. The fourth-order valence-electron chi connectivity index (χ4n) is 4.33. The van der Waals surface area contributed by atoms with E-state index in [4.69, 9.17) is 0 Å². The molecule has 0 aromatic carbocycles. The van der Waals surface area contributed by atoms with Gasteiger partial charge in [-0.2, -0.15) is 0 Å². The summed E-state index contributed by atoms with van der Waals surface area (Å²) in [5.74, 6) is 7.59. The zero-order valence-electron chi connectivity index (χ0n) is 21.5. The summed E-state index contributed by atoms with van der Waals surface area (Å²) in [7, 11) is 0. The molecule has 0 aromatic heterocycles. The number of rotatable bonds is 23. The Morgan fingerprint density at radius 2 is 0.733 bits per heavy atom. The van der Waals surface area contributed by atoms with Crippen LogP contribution >= 0.6 is 0 Å². The molecule has 1 atom stereocenters. The van der Waals surface area contributed by atoms with E-state index in [9.17, 15) is 0 Å². The minimum atomic E-state index is 0.941. The normalized spacial score (nSPS) is 12.0. The summed E-state index contributed by atoms with van der Waals surface area (Å²) >= 11 is 0. The van der Waals surface area contributed by atoms with Gasteiger partial charge < -0.3 is 0 Å². The van der Waals surface area contributed by atoms with Gasteiger partial charge in [-0.1, -0.05) is 149 Å². The average molecular weight is 419 g/mol. The van der Waals surface area contributed by atoms with Crippen LogP contribution in [0.15, 0.2) is 0 Å². The van der Waals surface area contributed by atoms with Crippen LogP contribution in [-0.4, -0.2) is 0 Å². The molecule has 0 heterocycles.